The zero-order valence-corrected chi connectivity index (χ0v) is 44.1. The molecule has 11 heteroatoms. The van der Waals surface area contributed by atoms with Gasteiger partial charge >= 0.3 is 6.18 Å². The van der Waals surface area contributed by atoms with Gasteiger partial charge in [-0.1, -0.05) is 91.0 Å². The summed E-state index contributed by atoms with van der Waals surface area (Å²) in [6, 6.07) is 81.6. The van der Waals surface area contributed by atoms with E-state index in [1.54, 1.807) is 36.4 Å². The van der Waals surface area contributed by atoms with Crippen LogP contribution in [0.5, 0.6) is 0 Å². The number of halogens is 3. The molecule has 0 N–H and O–H groups in total. The van der Waals surface area contributed by atoms with Crippen molar-refractivity contribution in [2.24, 2.45) is 0 Å². The van der Waals surface area contributed by atoms with E-state index >= 15 is 0 Å². The Hall–Kier alpha value is -12.3. The average molecular weight is 1080 g/mol. The summed E-state index contributed by atoms with van der Waals surface area (Å²) >= 11 is 0. The first-order chi connectivity index (χ1) is 40.9. The lowest BCUT2D eigenvalue weighted by Crippen LogP contribution is -2.05. The van der Waals surface area contributed by atoms with Crippen LogP contribution in [0.4, 0.5) is 13.2 Å². The van der Waals surface area contributed by atoms with Crippen LogP contribution in [0.1, 0.15) is 38.9 Å². The highest BCUT2D eigenvalue weighted by atomic mass is 19.4. The highest BCUT2D eigenvalue weighted by molar-refractivity contribution is 6.14. The molecule has 0 aliphatic carbocycles. The van der Waals surface area contributed by atoms with Gasteiger partial charge in [0.15, 0.2) is 0 Å². The molecule has 8 nitrogen and oxygen atoms in total. The minimum Gasteiger partial charge on any atom is -0.309 e. The summed E-state index contributed by atoms with van der Waals surface area (Å²) in [5.74, 6) is 0. The lowest BCUT2D eigenvalue weighted by Gasteiger charge is -2.20. The van der Waals surface area contributed by atoms with E-state index in [-0.39, 0.29) is 11.1 Å². The predicted molar refractivity (Wildman–Crippen MR) is 321 cm³/mol. The maximum atomic E-state index is 14.3. The van der Waals surface area contributed by atoms with Gasteiger partial charge in [0.1, 0.15) is 0 Å². The number of hydrogen-bond donors (Lipinski definition) is 0. The normalized spacial score (nSPS) is 11.2. The van der Waals surface area contributed by atoms with Gasteiger partial charge in [-0.15, -0.1) is 0 Å². The Morgan fingerprint density at radius 1 is 0.274 bits per heavy atom. The number of nitriles is 6. The number of benzene rings is 11. The van der Waals surface area contributed by atoms with Crippen LogP contribution in [0, 0.1) is 68.0 Å². The summed E-state index contributed by atoms with van der Waals surface area (Å²) in [5.41, 5.74) is 14.4. The summed E-state index contributed by atoms with van der Waals surface area (Å²) in [4.78, 5) is 0. The molecule has 2 heterocycles. The number of fused-ring (bicyclic) bond motifs is 6. The molecule has 0 amide bonds. The predicted octanol–water partition coefficient (Wildman–Crippen LogP) is 18.1. The van der Waals surface area contributed by atoms with E-state index < -0.39 is 11.7 Å². The Morgan fingerprint density at radius 3 is 1.01 bits per heavy atom. The SMILES string of the molecule is N#Cc1cccc(-c2ccc3c(c2)c2cc(-c4cccc(C#N)c4)ccc2n3-c2ccc(C#N)cc2-c2ccc(-c3ccc(C(F)(F)F)cc3C#N)cc2-n2c3ccc(-c4cccc(C#N)c4)cc3c3cc(-c4cccc(C#N)c4)ccc32)c1. The van der Waals surface area contributed by atoms with Crippen molar-refractivity contribution in [2.75, 3.05) is 0 Å². The van der Waals surface area contributed by atoms with E-state index in [1.807, 2.05) is 152 Å². The molecule has 11 aromatic carbocycles. The smallest absolute Gasteiger partial charge is 0.309 e. The molecule has 0 spiro atoms. The first kappa shape index (κ1) is 51.2. The number of nitrogens with zero attached hydrogens (tertiary/aromatic N) is 8. The van der Waals surface area contributed by atoms with E-state index in [0.717, 1.165) is 100 Å². The van der Waals surface area contributed by atoms with Crippen molar-refractivity contribution in [3.05, 3.63) is 263 Å². The molecule has 13 rings (SSSR count). The number of alkyl halides is 3. The van der Waals surface area contributed by atoms with E-state index in [4.69, 9.17) is 0 Å². The van der Waals surface area contributed by atoms with Gasteiger partial charge in [0.25, 0.3) is 0 Å². The van der Waals surface area contributed by atoms with Crippen molar-refractivity contribution < 1.29 is 13.2 Å². The van der Waals surface area contributed by atoms with E-state index in [2.05, 4.69) is 63.7 Å². The van der Waals surface area contributed by atoms with Crippen molar-refractivity contribution in [1.29, 1.82) is 31.6 Å². The molecule has 0 radical (unpaired) electrons. The lowest BCUT2D eigenvalue weighted by atomic mass is 9.93. The zero-order valence-electron chi connectivity index (χ0n) is 44.1. The van der Waals surface area contributed by atoms with Crippen LogP contribution in [-0.2, 0) is 6.18 Å². The molecule has 0 bridgehead atoms. The van der Waals surface area contributed by atoms with Crippen molar-refractivity contribution in [3.63, 3.8) is 0 Å². The van der Waals surface area contributed by atoms with E-state index in [0.29, 0.717) is 55.9 Å². The largest absolute Gasteiger partial charge is 0.416 e. The number of hydrogen-bond acceptors (Lipinski definition) is 6. The Kier molecular flexibility index (Phi) is 12.5. The van der Waals surface area contributed by atoms with Crippen LogP contribution < -0.4 is 0 Å². The summed E-state index contributed by atoms with van der Waals surface area (Å²) in [6.45, 7) is 0. The van der Waals surface area contributed by atoms with Crippen LogP contribution in [0.2, 0.25) is 0 Å². The fraction of sp³-hybridized carbons (Fsp3) is 0.0137. The fourth-order valence-electron chi connectivity index (χ4n) is 11.6. The molecule has 0 fully saturated rings. The van der Waals surface area contributed by atoms with Gasteiger partial charge < -0.3 is 9.13 Å². The molecule has 13 aromatic rings. The molecule has 0 saturated heterocycles. The van der Waals surface area contributed by atoms with Gasteiger partial charge in [0, 0.05) is 32.7 Å². The van der Waals surface area contributed by atoms with Gasteiger partial charge in [-0.25, -0.2) is 0 Å². The molecule has 0 aliphatic rings. The first-order valence-electron chi connectivity index (χ1n) is 26.5. The topological polar surface area (TPSA) is 153 Å². The summed E-state index contributed by atoms with van der Waals surface area (Å²) < 4.78 is 47.0. The molecule has 2 aromatic heterocycles. The van der Waals surface area contributed by atoms with E-state index in [1.165, 1.54) is 6.07 Å². The minimum atomic E-state index is -4.70. The third-order valence-corrected chi connectivity index (χ3v) is 15.5. The van der Waals surface area contributed by atoms with Gasteiger partial charge in [-0.3, -0.25) is 0 Å². The van der Waals surface area contributed by atoms with Gasteiger partial charge in [0.05, 0.1) is 109 Å². The highest BCUT2D eigenvalue weighted by Crippen LogP contribution is 2.46. The quantitative estimate of drug-likeness (QED) is 0.148. The van der Waals surface area contributed by atoms with Gasteiger partial charge in [-0.05, 0) is 189 Å². The molecular weight excluding hydrogens is 1050 g/mol. The maximum Gasteiger partial charge on any atom is 0.416 e. The molecular formula is C73H37F3N8. The standard InChI is InChI=1S/C73H37F3N8/c74-73(75,76)59-19-21-60(58(32-59)43-82)57-14-20-61(72(37-57)84-70-25-17-55(51-11-3-7-46(29-51)40-79)35-65(70)66-36-56(18-26-71(66)84)52-12-4-8-47(30-52)41-80)62-31-48(42-81)13-22-67(62)83-68-23-15-53(49-9-1-5-44(27-49)38-77)33-63(68)64-34-54(16-24-69(64)83)50-10-2-6-45(28-50)39-78/h1-37H. The second-order valence-electron chi connectivity index (χ2n) is 20.3. The van der Waals surface area contributed by atoms with Crippen LogP contribution in [-0.4, -0.2) is 9.13 Å². The molecule has 0 atom stereocenters. The second-order valence-corrected chi connectivity index (χ2v) is 20.3. The van der Waals surface area contributed by atoms with Gasteiger partial charge in [-0.2, -0.15) is 44.7 Å². The maximum absolute atomic E-state index is 14.3. The Bertz CT molecular complexity index is 5000. The lowest BCUT2D eigenvalue weighted by molar-refractivity contribution is -0.137. The second kappa shape index (κ2) is 20.4. The number of rotatable bonds is 8. The van der Waals surface area contributed by atoms with Crippen molar-refractivity contribution >= 4 is 43.6 Å². The summed E-state index contributed by atoms with van der Waals surface area (Å²) in [5, 5.41) is 64.3. The summed E-state index contributed by atoms with van der Waals surface area (Å²) in [7, 11) is 0. The average Bonchev–Trinajstić information content (AvgIpc) is 3.59. The van der Waals surface area contributed by atoms with Crippen LogP contribution in [0.15, 0.2) is 224 Å². The monoisotopic (exact) mass is 1080 g/mol. The molecule has 0 aliphatic heterocycles. The van der Waals surface area contributed by atoms with Crippen molar-refractivity contribution in [1.82, 2.24) is 9.13 Å². The zero-order chi connectivity index (χ0) is 57.8. The molecule has 0 saturated carbocycles. The molecule has 84 heavy (non-hydrogen) atoms. The third-order valence-electron chi connectivity index (χ3n) is 15.5. The number of aromatic nitrogens is 2. The Balaban J connectivity index is 1.12. The van der Waals surface area contributed by atoms with Crippen molar-refractivity contribution in [3.8, 4) is 115 Å². The van der Waals surface area contributed by atoms with Crippen molar-refractivity contribution in [2.45, 2.75) is 6.18 Å². The third kappa shape index (κ3) is 8.87. The minimum absolute atomic E-state index is 0.172. The highest BCUT2D eigenvalue weighted by Gasteiger charge is 2.32. The van der Waals surface area contributed by atoms with Gasteiger partial charge in [0.2, 0.25) is 0 Å². The Morgan fingerprint density at radius 2 is 0.631 bits per heavy atom. The summed E-state index contributed by atoms with van der Waals surface area (Å²) in [6.07, 6.45) is -4.70. The molecule has 0 unspecified atom stereocenters. The van der Waals surface area contributed by atoms with E-state index in [9.17, 15) is 44.7 Å². The van der Waals surface area contributed by atoms with Crippen LogP contribution in [0.3, 0.4) is 0 Å². The first-order valence-corrected chi connectivity index (χ1v) is 26.5. The molecule has 390 valence electrons. The van der Waals surface area contributed by atoms with Crippen LogP contribution >= 0.6 is 0 Å². The fourth-order valence-corrected chi connectivity index (χ4v) is 11.6. The van der Waals surface area contributed by atoms with Crippen LogP contribution in [0.25, 0.3) is 122 Å². The Labute approximate surface area is 479 Å².